The zero-order chi connectivity index (χ0) is 22.2. The monoisotopic (exact) mass is 509 g/mol. The number of aromatic nitrogens is 1. The Balaban J connectivity index is 1.50. The maximum Gasteiger partial charge on any atom is 0.298 e. The van der Waals surface area contributed by atoms with E-state index in [2.05, 4.69) is 15.9 Å². The van der Waals surface area contributed by atoms with Gasteiger partial charge in [0.1, 0.15) is 6.54 Å². The number of anilines is 1. The van der Waals surface area contributed by atoms with Crippen molar-refractivity contribution in [2.45, 2.75) is 19.4 Å². The van der Waals surface area contributed by atoms with Gasteiger partial charge in [0.05, 0.1) is 10.6 Å². The number of fused-ring (bicyclic) bond motifs is 1. The van der Waals surface area contributed by atoms with Crippen molar-refractivity contribution in [1.29, 1.82) is 0 Å². The normalized spacial score (nSPS) is 17.8. The zero-order valence-electron chi connectivity index (χ0n) is 17.2. The fraction of sp³-hybridized carbons (Fsp3) is 0.208. The molecule has 0 aliphatic carbocycles. The highest BCUT2D eigenvalue weighted by molar-refractivity contribution is 9.10. The molecule has 8 heteroatoms. The lowest BCUT2D eigenvalue weighted by Gasteiger charge is -2.16. The van der Waals surface area contributed by atoms with Gasteiger partial charge in [-0.15, -0.1) is 0 Å². The van der Waals surface area contributed by atoms with Crippen LogP contribution in [0.3, 0.4) is 0 Å². The summed E-state index contributed by atoms with van der Waals surface area (Å²) >= 11 is 4.45. The summed E-state index contributed by atoms with van der Waals surface area (Å²) in [6, 6.07) is 14.8. The number of carbonyl (C=O) groups excluding carboxylic acids is 3. The Kier molecular flexibility index (Phi) is 5.65. The quantitative estimate of drug-likeness (QED) is 0.449. The van der Waals surface area contributed by atoms with Gasteiger partial charge in [0.2, 0.25) is 5.91 Å². The van der Waals surface area contributed by atoms with Crippen molar-refractivity contribution in [1.82, 2.24) is 9.47 Å². The SMILES string of the molecule is O=C(Cn1cc(/C=C2\SC(=O)N(c3ccccc3)C2=O)c2cc(Br)ccc21)N1CCCC1. The van der Waals surface area contributed by atoms with Gasteiger partial charge in [0.25, 0.3) is 11.1 Å². The molecule has 0 radical (unpaired) electrons. The van der Waals surface area contributed by atoms with E-state index >= 15 is 0 Å². The Morgan fingerprint density at radius 3 is 2.56 bits per heavy atom. The maximum atomic E-state index is 13.0. The van der Waals surface area contributed by atoms with Gasteiger partial charge in [0.15, 0.2) is 0 Å². The molecule has 2 saturated heterocycles. The van der Waals surface area contributed by atoms with Crippen molar-refractivity contribution in [2.75, 3.05) is 18.0 Å². The van der Waals surface area contributed by atoms with Crippen LogP contribution in [0.25, 0.3) is 17.0 Å². The van der Waals surface area contributed by atoms with E-state index in [1.165, 1.54) is 4.90 Å². The molecule has 2 aliphatic rings. The van der Waals surface area contributed by atoms with Crippen LogP contribution in [-0.4, -0.2) is 39.6 Å². The number of carbonyl (C=O) groups is 3. The number of imide groups is 1. The first-order valence-corrected chi connectivity index (χ1v) is 12.0. The lowest BCUT2D eigenvalue weighted by atomic mass is 10.1. The molecule has 3 heterocycles. The molecule has 0 atom stereocenters. The summed E-state index contributed by atoms with van der Waals surface area (Å²) in [6.45, 7) is 1.86. The molecule has 2 aromatic carbocycles. The Morgan fingerprint density at radius 2 is 1.81 bits per heavy atom. The van der Waals surface area contributed by atoms with Crippen LogP contribution in [0.1, 0.15) is 18.4 Å². The van der Waals surface area contributed by atoms with Crippen LogP contribution >= 0.6 is 27.7 Å². The van der Waals surface area contributed by atoms with Gasteiger partial charge in [0, 0.05) is 40.2 Å². The lowest BCUT2D eigenvalue weighted by molar-refractivity contribution is -0.130. The molecule has 3 amide bonds. The van der Waals surface area contributed by atoms with Crippen LogP contribution in [0.15, 0.2) is 64.1 Å². The van der Waals surface area contributed by atoms with Gasteiger partial charge in [-0.1, -0.05) is 34.1 Å². The molecule has 1 aromatic heterocycles. The summed E-state index contributed by atoms with van der Waals surface area (Å²) in [6.07, 6.45) is 5.74. The molecule has 6 nitrogen and oxygen atoms in total. The predicted molar refractivity (Wildman–Crippen MR) is 130 cm³/mol. The van der Waals surface area contributed by atoms with Crippen molar-refractivity contribution in [3.05, 3.63) is 69.7 Å². The van der Waals surface area contributed by atoms with Crippen molar-refractivity contribution >= 4 is 67.4 Å². The third-order valence-corrected chi connectivity index (χ3v) is 7.10. The van der Waals surface area contributed by atoms with Crippen molar-refractivity contribution < 1.29 is 14.4 Å². The highest BCUT2D eigenvalue weighted by Gasteiger charge is 2.36. The number of halogens is 1. The third-order valence-electron chi connectivity index (χ3n) is 5.73. The first kappa shape index (κ1) is 21.0. The molecule has 3 aromatic rings. The minimum atomic E-state index is -0.338. The van der Waals surface area contributed by atoms with Crippen LogP contribution in [0.5, 0.6) is 0 Å². The number of amides is 3. The number of rotatable bonds is 4. The first-order valence-electron chi connectivity index (χ1n) is 10.4. The molecule has 0 spiro atoms. The Morgan fingerprint density at radius 1 is 1.06 bits per heavy atom. The average Bonchev–Trinajstić information content (AvgIpc) is 3.49. The number of para-hydroxylation sites is 1. The Labute approximate surface area is 198 Å². The molecule has 5 rings (SSSR count). The molecule has 32 heavy (non-hydrogen) atoms. The molecular formula is C24H20BrN3O3S. The highest BCUT2D eigenvalue weighted by atomic mass is 79.9. The molecule has 0 N–H and O–H groups in total. The number of benzene rings is 2. The van der Waals surface area contributed by atoms with Crippen LogP contribution in [0, 0.1) is 0 Å². The van der Waals surface area contributed by atoms with Gasteiger partial charge in [-0.3, -0.25) is 14.4 Å². The first-order chi connectivity index (χ1) is 15.5. The number of hydrogen-bond acceptors (Lipinski definition) is 4. The summed E-state index contributed by atoms with van der Waals surface area (Å²) < 4.78 is 2.83. The van der Waals surface area contributed by atoms with Crippen LogP contribution in [-0.2, 0) is 16.1 Å². The van der Waals surface area contributed by atoms with Gasteiger partial charge in [-0.25, -0.2) is 4.90 Å². The van der Waals surface area contributed by atoms with Gasteiger partial charge in [-0.2, -0.15) is 0 Å². The van der Waals surface area contributed by atoms with E-state index in [4.69, 9.17) is 0 Å². The predicted octanol–water partition coefficient (Wildman–Crippen LogP) is 5.27. The van der Waals surface area contributed by atoms with E-state index in [1.54, 1.807) is 30.3 Å². The summed E-state index contributed by atoms with van der Waals surface area (Å²) in [7, 11) is 0. The smallest absolute Gasteiger partial charge is 0.298 e. The molecule has 0 saturated carbocycles. The van der Waals surface area contributed by atoms with Crippen molar-refractivity contribution in [3.63, 3.8) is 0 Å². The molecule has 2 fully saturated rings. The van der Waals surface area contributed by atoms with E-state index in [9.17, 15) is 14.4 Å². The summed E-state index contributed by atoms with van der Waals surface area (Å²) in [5.41, 5.74) is 2.27. The van der Waals surface area contributed by atoms with E-state index < -0.39 is 0 Å². The second-order valence-corrected chi connectivity index (χ2v) is 9.72. The fourth-order valence-electron chi connectivity index (χ4n) is 4.16. The topological polar surface area (TPSA) is 62.6 Å². The Hall–Kier alpha value is -2.84. The number of likely N-dealkylation sites (tertiary alicyclic amines) is 1. The third kappa shape index (κ3) is 3.89. The molecule has 0 bridgehead atoms. The molecule has 162 valence electrons. The molecule has 2 aliphatic heterocycles. The standard InChI is InChI=1S/C24H20BrN3O3S/c25-17-8-9-20-19(13-17)16(14-27(20)15-22(29)26-10-4-5-11-26)12-21-23(30)28(24(31)32-21)18-6-2-1-3-7-18/h1-3,6-9,12-14H,4-5,10-11,15H2/b21-12-. The minimum Gasteiger partial charge on any atom is -0.341 e. The average molecular weight is 510 g/mol. The highest BCUT2D eigenvalue weighted by Crippen LogP contribution is 2.37. The van der Waals surface area contributed by atoms with Gasteiger partial charge in [-0.05, 0) is 61.0 Å². The van der Waals surface area contributed by atoms with Gasteiger partial charge >= 0.3 is 0 Å². The minimum absolute atomic E-state index is 0.0956. The number of nitrogens with zero attached hydrogens (tertiary/aromatic N) is 3. The second kappa shape index (κ2) is 8.60. The van der Waals surface area contributed by atoms with E-state index in [-0.39, 0.29) is 23.6 Å². The maximum absolute atomic E-state index is 13.0. The molecule has 0 unspecified atom stereocenters. The van der Waals surface area contributed by atoms with Crippen LogP contribution < -0.4 is 4.90 Å². The van der Waals surface area contributed by atoms with E-state index in [0.29, 0.717) is 10.6 Å². The summed E-state index contributed by atoms with van der Waals surface area (Å²) in [5.74, 6) is -0.242. The van der Waals surface area contributed by atoms with Crippen LogP contribution in [0.4, 0.5) is 10.5 Å². The number of thioether (sulfide) groups is 1. The largest absolute Gasteiger partial charge is 0.341 e. The van der Waals surface area contributed by atoms with Crippen molar-refractivity contribution in [3.8, 4) is 0 Å². The number of hydrogen-bond donors (Lipinski definition) is 0. The van der Waals surface area contributed by atoms with Gasteiger partial charge < -0.3 is 9.47 Å². The zero-order valence-corrected chi connectivity index (χ0v) is 19.6. The second-order valence-electron chi connectivity index (χ2n) is 7.81. The van der Waals surface area contributed by atoms with E-state index in [1.807, 2.05) is 39.9 Å². The van der Waals surface area contributed by atoms with Crippen LogP contribution in [0.2, 0.25) is 0 Å². The van der Waals surface area contributed by atoms with E-state index in [0.717, 1.165) is 58.6 Å². The summed E-state index contributed by atoms with van der Waals surface area (Å²) in [4.78, 5) is 41.8. The Bertz CT molecular complexity index is 1260. The molecular weight excluding hydrogens is 490 g/mol. The summed E-state index contributed by atoms with van der Waals surface area (Å²) in [5, 5.41) is 0.599. The fourth-order valence-corrected chi connectivity index (χ4v) is 5.36. The lowest BCUT2D eigenvalue weighted by Crippen LogP contribution is -2.30. The van der Waals surface area contributed by atoms with Crippen molar-refractivity contribution in [2.24, 2.45) is 0 Å².